The molecule has 0 aliphatic carbocycles. The van der Waals surface area contributed by atoms with Crippen molar-refractivity contribution in [1.29, 1.82) is 0 Å². The number of hydrogen-bond donors (Lipinski definition) is 2. The molecule has 1 aromatic carbocycles. The normalized spacial score (nSPS) is 26.9. The first kappa shape index (κ1) is 9.51. The molecule has 2 aliphatic rings. The standard InChI is InChI=1S/C12H14N2O2/c15-12(16)14-6-5-8-7-13-10-4-2-1-3-9(10)11(8)14/h1-4,8,11,13H,5-7H2,(H,15,16). The van der Waals surface area contributed by atoms with Crippen LogP contribution in [0.3, 0.4) is 0 Å². The van der Waals surface area contributed by atoms with E-state index in [2.05, 4.69) is 5.32 Å². The highest BCUT2D eigenvalue weighted by Gasteiger charge is 2.41. The van der Waals surface area contributed by atoms with E-state index in [-0.39, 0.29) is 6.04 Å². The molecule has 3 rings (SSSR count). The maximum Gasteiger partial charge on any atom is 0.407 e. The molecule has 1 saturated heterocycles. The second kappa shape index (κ2) is 3.40. The molecule has 0 spiro atoms. The van der Waals surface area contributed by atoms with Crippen LogP contribution < -0.4 is 5.32 Å². The van der Waals surface area contributed by atoms with E-state index < -0.39 is 6.09 Å². The van der Waals surface area contributed by atoms with Crippen molar-refractivity contribution in [3.8, 4) is 0 Å². The Morgan fingerprint density at radius 2 is 2.25 bits per heavy atom. The molecule has 4 heteroatoms. The summed E-state index contributed by atoms with van der Waals surface area (Å²) in [6.45, 7) is 1.53. The van der Waals surface area contributed by atoms with E-state index in [1.54, 1.807) is 4.90 Å². The number of fused-ring (bicyclic) bond motifs is 3. The van der Waals surface area contributed by atoms with Crippen LogP contribution >= 0.6 is 0 Å². The number of nitrogens with zero attached hydrogens (tertiary/aromatic N) is 1. The zero-order valence-electron chi connectivity index (χ0n) is 8.89. The van der Waals surface area contributed by atoms with Crippen molar-refractivity contribution in [3.63, 3.8) is 0 Å². The van der Waals surface area contributed by atoms with Gasteiger partial charge in [0, 0.05) is 24.7 Å². The highest BCUT2D eigenvalue weighted by atomic mass is 16.4. The van der Waals surface area contributed by atoms with Gasteiger partial charge in [0.1, 0.15) is 0 Å². The van der Waals surface area contributed by atoms with E-state index in [1.165, 1.54) is 0 Å². The SMILES string of the molecule is O=C(O)N1CCC2CNc3ccccc3C21. The van der Waals surface area contributed by atoms with Crippen molar-refractivity contribution in [1.82, 2.24) is 4.90 Å². The lowest BCUT2D eigenvalue weighted by atomic mass is 9.89. The van der Waals surface area contributed by atoms with Crippen molar-refractivity contribution in [3.05, 3.63) is 29.8 Å². The van der Waals surface area contributed by atoms with Gasteiger partial charge in [-0.25, -0.2) is 4.79 Å². The second-order valence-electron chi connectivity index (χ2n) is 4.44. The van der Waals surface area contributed by atoms with Crippen molar-refractivity contribution >= 4 is 11.8 Å². The number of hydrogen-bond acceptors (Lipinski definition) is 2. The molecule has 0 aromatic heterocycles. The molecule has 4 nitrogen and oxygen atoms in total. The fraction of sp³-hybridized carbons (Fsp3) is 0.417. The van der Waals surface area contributed by atoms with Crippen LogP contribution in [0.15, 0.2) is 24.3 Å². The molecule has 1 aromatic rings. The Balaban J connectivity index is 2.04. The predicted octanol–water partition coefficient (Wildman–Crippen LogP) is 2.15. The highest BCUT2D eigenvalue weighted by molar-refractivity contribution is 5.68. The maximum absolute atomic E-state index is 11.2. The topological polar surface area (TPSA) is 52.6 Å². The second-order valence-corrected chi connectivity index (χ2v) is 4.44. The van der Waals surface area contributed by atoms with E-state index in [9.17, 15) is 9.90 Å². The van der Waals surface area contributed by atoms with Gasteiger partial charge in [-0.2, -0.15) is 0 Å². The molecular weight excluding hydrogens is 204 g/mol. The summed E-state index contributed by atoms with van der Waals surface area (Å²) >= 11 is 0. The van der Waals surface area contributed by atoms with Gasteiger partial charge in [-0.3, -0.25) is 0 Å². The minimum atomic E-state index is -0.802. The van der Waals surface area contributed by atoms with Crippen LogP contribution in [0.2, 0.25) is 0 Å². The smallest absolute Gasteiger partial charge is 0.407 e. The summed E-state index contributed by atoms with van der Waals surface area (Å²) in [5.74, 6) is 0.422. The van der Waals surface area contributed by atoms with Gasteiger partial charge >= 0.3 is 6.09 Å². The molecule has 0 saturated carbocycles. The molecule has 2 heterocycles. The monoisotopic (exact) mass is 218 g/mol. The first-order valence-corrected chi connectivity index (χ1v) is 5.60. The Kier molecular flexibility index (Phi) is 2.02. The number of carbonyl (C=O) groups is 1. The van der Waals surface area contributed by atoms with Crippen LogP contribution in [0, 0.1) is 5.92 Å². The van der Waals surface area contributed by atoms with E-state index in [1.807, 2.05) is 24.3 Å². The van der Waals surface area contributed by atoms with Gasteiger partial charge in [0.25, 0.3) is 0 Å². The fourth-order valence-electron chi connectivity index (χ4n) is 2.86. The predicted molar refractivity (Wildman–Crippen MR) is 60.5 cm³/mol. The Labute approximate surface area is 93.9 Å². The van der Waals surface area contributed by atoms with Crippen LogP contribution in [-0.2, 0) is 0 Å². The van der Waals surface area contributed by atoms with Crippen LogP contribution in [0.1, 0.15) is 18.0 Å². The Morgan fingerprint density at radius 1 is 1.44 bits per heavy atom. The Bertz CT molecular complexity index is 433. The third-order valence-electron chi connectivity index (χ3n) is 3.60. The summed E-state index contributed by atoms with van der Waals surface area (Å²) in [7, 11) is 0. The number of nitrogens with one attached hydrogen (secondary N) is 1. The van der Waals surface area contributed by atoms with Crippen molar-refractivity contribution < 1.29 is 9.90 Å². The number of carboxylic acid groups (broad SMARTS) is 1. The van der Waals surface area contributed by atoms with Crippen LogP contribution in [0.4, 0.5) is 10.5 Å². The van der Waals surface area contributed by atoms with Crippen molar-refractivity contribution in [2.45, 2.75) is 12.5 Å². The van der Waals surface area contributed by atoms with Crippen LogP contribution in [0.5, 0.6) is 0 Å². The first-order chi connectivity index (χ1) is 7.77. The van der Waals surface area contributed by atoms with Gasteiger partial charge in [0.05, 0.1) is 6.04 Å². The maximum atomic E-state index is 11.2. The Hall–Kier alpha value is -1.71. The number of para-hydroxylation sites is 1. The van der Waals surface area contributed by atoms with E-state index in [4.69, 9.17) is 0 Å². The average Bonchev–Trinajstić information content (AvgIpc) is 2.73. The summed E-state index contributed by atoms with van der Waals surface area (Å²) in [5.41, 5.74) is 2.20. The molecule has 1 fully saturated rings. The Morgan fingerprint density at radius 3 is 3.06 bits per heavy atom. The number of rotatable bonds is 0. The first-order valence-electron chi connectivity index (χ1n) is 5.60. The largest absolute Gasteiger partial charge is 0.465 e. The molecule has 2 N–H and O–H groups in total. The molecule has 84 valence electrons. The van der Waals surface area contributed by atoms with E-state index in [0.717, 1.165) is 24.2 Å². The quantitative estimate of drug-likeness (QED) is 0.701. The van der Waals surface area contributed by atoms with E-state index in [0.29, 0.717) is 12.5 Å². The number of anilines is 1. The van der Waals surface area contributed by atoms with Gasteiger partial charge in [-0.05, 0) is 18.1 Å². The van der Waals surface area contributed by atoms with Gasteiger partial charge in [0.15, 0.2) is 0 Å². The number of likely N-dealkylation sites (tertiary alicyclic amines) is 1. The van der Waals surface area contributed by atoms with Gasteiger partial charge in [-0.1, -0.05) is 18.2 Å². The average molecular weight is 218 g/mol. The lowest BCUT2D eigenvalue weighted by Gasteiger charge is -2.33. The number of amides is 1. The van der Waals surface area contributed by atoms with Crippen LogP contribution in [-0.4, -0.2) is 29.2 Å². The molecule has 2 unspecified atom stereocenters. The van der Waals surface area contributed by atoms with Gasteiger partial charge < -0.3 is 15.3 Å². The van der Waals surface area contributed by atoms with Crippen molar-refractivity contribution in [2.75, 3.05) is 18.4 Å². The minimum absolute atomic E-state index is 0.0509. The molecule has 1 amide bonds. The lowest BCUT2D eigenvalue weighted by Crippen LogP contribution is -2.35. The third kappa shape index (κ3) is 1.26. The minimum Gasteiger partial charge on any atom is -0.465 e. The summed E-state index contributed by atoms with van der Waals surface area (Å²) in [6.07, 6.45) is 0.155. The molecule has 0 bridgehead atoms. The molecular formula is C12H14N2O2. The molecule has 16 heavy (non-hydrogen) atoms. The van der Waals surface area contributed by atoms with E-state index >= 15 is 0 Å². The number of benzene rings is 1. The summed E-state index contributed by atoms with van der Waals surface area (Å²) in [5, 5.41) is 12.6. The van der Waals surface area contributed by atoms with Gasteiger partial charge in [0.2, 0.25) is 0 Å². The molecule has 2 aliphatic heterocycles. The lowest BCUT2D eigenvalue weighted by molar-refractivity contribution is 0.135. The summed E-state index contributed by atoms with van der Waals surface area (Å²) in [6, 6.07) is 8.05. The fourth-order valence-corrected chi connectivity index (χ4v) is 2.86. The summed E-state index contributed by atoms with van der Waals surface area (Å²) in [4.78, 5) is 12.7. The molecule has 2 atom stereocenters. The third-order valence-corrected chi connectivity index (χ3v) is 3.60. The van der Waals surface area contributed by atoms with Crippen molar-refractivity contribution in [2.24, 2.45) is 5.92 Å². The molecule has 0 radical (unpaired) electrons. The zero-order valence-corrected chi connectivity index (χ0v) is 8.89. The van der Waals surface area contributed by atoms with Crippen LogP contribution in [0.25, 0.3) is 0 Å². The summed E-state index contributed by atoms with van der Waals surface area (Å²) < 4.78 is 0. The van der Waals surface area contributed by atoms with Gasteiger partial charge in [-0.15, -0.1) is 0 Å². The zero-order chi connectivity index (χ0) is 11.1. The highest BCUT2D eigenvalue weighted by Crippen LogP contribution is 2.43.